The van der Waals surface area contributed by atoms with Crippen molar-refractivity contribution in [1.29, 1.82) is 0 Å². The molecule has 1 N–H and O–H groups in total. The van der Waals surface area contributed by atoms with Crippen LogP contribution >= 0.6 is 15.9 Å². The summed E-state index contributed by atoms with van der Waals surface area (Å²) in [7, 11) is 2.14. The topological polar surface area (TPSA) is 15.3 Å². The van der Waals surface area contributed by atoms with Gasteiger partial charge in [-0.2, -0.15) is 0 Å². The Balaban J connectivity index is 1.61. The lowest BCUT2D eigenvalue weighted by atomic mass is 10.1. The smallest absolute Gasteiger partial charge is 0.0437 e. The molecule has 0 spiro atoms. The normalized spacial score (nSPS) is 14.2. The van der Waals surface area contributed by atoms with Crippen LogP contribution in [0.3, 0.4) is 0 Å². The van der Waals surface area contributed by atoms with Crippen LogP contribution in [0.5, 0.6) is 0 Å². The van der Waals surface area contributed by atoms with E-state index in [0.29, 0.717) is 0 Å². The molecule has 1 aliphatic rings. The van der Waals surface area contributed by atoms with E-state index < -0.39 is 0 Å². The van der Waals surface area contributed by atoms with Crippen molar-refractivity contribution in [3.8, 4) is 0 Å². The van der Waals surface area contributed by atoms with Gasteiger partial charge in [-0.3, -0.25) is 0 Å². The predicted octanol–water partition coefficient (Wildman–Crippen LogP) is 4.34. The third-order valence-electron chi connectivity index (χ3n) is 3.91. The number of nitrogens with zero attached hydrogens (tertiary/aromatic N) is 1. The first-order valence-electron chi connectivity index (χ1n) is 7.49. The Kier molecular flexibility index (Phi) is 4.61. The van der Waals surface area contributed by atoms with Crippen LogP contribution in [-0.4, -0.2) is 13.1 Å². The highest BCUT2D eigenvalue weighted by Gasteiger charge is 2.19. The summed E-state index contributed by atoms with van der Waals surface area (Å²) in [5.41, 5.74) is 3.92. The van der Waals surface area contributed by atoms with Crippen LogP contribution in [0.2, 0.25) is 0 Å². The van der Waals surface area contributed by atoms with Crippen LogP contribution in [0.1, 0.15) is 24.0 Å². The maximum atomic E-state index is 3.61. The first-order valence-corrected chi connectivity index (χ1v) is 8.28. The van der Waals surface area contributed by atoms with E-state index in [1.807, 2.05) is 0 Å². The molecule has 1 saturated carbocycles. The first kappa shape index (κ1) is 14.6. The number of hydrogen-bond acceptors (Lipinski definition) is 2. The van der Waals surface area contributed by atoms with E-state index in [-0.39, 0.29) is 0 Å². The Hall–Kier alpha value is -1.32. The van der Waals surface area contributed by atoms with Crippen LogP contribution in [0.4, 0.5) is 5.69 Å². The van der Waals surface area contributed by atoms with Crippen LogP contribution < -0.4 is 10.2 Å². The molecule has 0 heterocycles. The van der Waals surface area contributed by atoms with Crippen molar-refractivity contribution < 1.29 is 0 Å². The second-order valence-electron chi connectivity index (χ2n) is 5.77. The number of nitrogens with one attached hydrogen (secondary N) is 1. The molecule has 21 heavy (non-hydrogen) atoms. The van der Waals surface area contributed by atoms with Gasteiger partial charge in [0.05, 0.1) is 0 Å². The molecule has 0 unspecified atom stereocenters. The second kappa shape index (κ2) is 6.63. The standard InChI is InChI=1S/C18H21BrN2/c1-21(13-15-4-2-3-5-18(15)19)17-10-6-14(7-11-17)12-20-16-8-9-16/h2-7,10-11,16,20H,8-9,12-13H2,1H3. The summed E-state index contributed by atoms with van der Waals surface area (Å²) in [5, 5.41) is 3.55. The number of hydrogen-bond donors (Lipinski definition) is 1. The summed E-state index contributed by atoms with van der Waals surface area (Å²) in [6, 6.07) is 18.0. The van der Waals surface area contributed by atoms with E-state index >= 15 is 0 Å². The van der Waals surface area contributed by atoms with Crippen molar-refractivity contribution in [2.75, 3.05) is 11.9 Å². The van der Waals surface area contributed by atoms with Crippen LogP contribution in [0.25, 0.3) is 0 Å². The fraction of sp³-hybridized carbons (Fsp3) is 0.333. The van der Waals surface area contributed by atoms with Crippen molar-refractivity contribution >= 4 is 21.6 Å². The zero-order chi connectivity index (χ0) is 14.7. The van der Waals surface area contributed by atoms with Gasteiger partial charge in [0.25, 0.3) is 0 Å². The summed E-state index contributed by atoms with van der Waals surface area (Å²) in [6.45, 7) is 1.89. The molecular formula is C18H21BrN2. The molecule has 0 radical (unpaired) electrons. The van der Waals surface area contributed by atoms with Gasteiger partial charge in [-0.15, -0.1) is 0 Å². The molecule has 2 aromatic rings. The fourth-order valence-corrected chi connectivity index (χ4v) is 2.80. The highest BCUT2D eigenvalue weighted by Crippen LogP contribution is 2.22. The van der Waals surface area contributed by atoms with Gasteiger partial charge in [0.1, 0.15) is 0 Å². The SMILES string of the molecule is CN(Cc1ccccc1Br)c1ccc(CNC2CC2)cc1. The molecule has 0 saturated heterocycles. The summed E-state index contributed by atoms with van der Waals surface area (Å²) >= 11 is 3.61. The minimum absolute atomic E-state index is 0.766. The van der Waals surface area contributed by atoms with Crippen molar-refractivity contribution in [2.45, 2.75) is 32.0 Å². The molecule has 2 nitrogen and oxygen atoms in total. The van der Waals surface area contributed by atoms with Crippen LogP contribution in [0, 0.1) is 0 Å². The van der Waals surface area contributed by atoms with Crippen molar-refractivity contribution in [3.05, 3.63) is 64.1 Å². The van der Waals surface area contributed by atoms with Gasteiger partial charge >= 0.3 is 0 Å². The third-order valence-corrected chi connectivity index (χ3v) is 4.69. The van der Waals surface area contributed by atoms with E-state index in [9.17, 15) is 0 Å². The molecule has 110 valence electrons. The minimum atomic E-state index is 0.766. The average Bonchev–Trinajstić information content (AvgIpc) is 3.32. The predicted molar refractivity (Wildman–Crippen MR) is 92.6 cm³/mol. The highest BCUT2D eigenvalue weighted by atomic mass is 79.9. The van der Waals surface area contributed by atoms with Crippen molar-refractivity contribution in [1.82, 2.24) is 5.32 Å². The molecule has 3 rings (SSSR count). The molecule has 1 aliphatic carbocycles. The molecule has 0 amide bonds. The third kappa shape index (κ3) is 4.08. The number of halogens is 1. The van der Waals surface area contributed by atoms with Gasteiger partial charge in [-0.25, -0.2) is 0 Å². The molecule has 3 heteroatoms. The van der Waals surface area contributed by atoms with Crippen LogP contribution in [0.15, 0.2) is 53.0 Å². The quantitative estimate of drug-likeness (QED) is 0.838. The molecule has 1 fully saturated rings. The van der Waals surface area contributed by atoms with Gasteiger partial charge < -0.3 is 10.2 Å². The Bertz CT molecular complexity index is 590. The van der Waals surface area contributed by atoms with Gasteiger partial charge in [-0.05, 0) is 42.2 Å². The zero-order valence-electron chi connectivity index (χ0n) is 12.3. The molecular weight excluding hydrogens is 324 g/mol. The van der Waals surface area contributed by atoms with E-state index in [2.05, 4.69) is 81.7 Å². The lowest BCUT2D eigenvalue weighted by Gasteiger charge is -2.20. The highest BCUT2D eigenvalue weighted by molar-refractivity contribution is 9.10. The first-order chi connectivity index (χ1) is 10.2. The van der Waals surface area contributed by atoms with Gasteiger partial charge in [0.15, 0.2) is 0 Å². The molecule has 0 atom stereocenters. The summed E-state index contributed by atoms with van der Waals surface area (Å²) < 4.78 is 1.17. The Morgan fingerprint density at radius 1 is 1.10 bits per heavy atom. The van der Waals surface area contributed by atoms with Crippen molar-refractivity contribution in [3.63, 3.8) is 0 Å². The monoisotopic (exact) mass is 344 g/mol. The lowest BCUT2D eigenvalue weighted by molar-refractivity contribution is 0.688. The Labute approximate surface area is 135 Å². The summed E-state index contributed by atoms with van der Waals surface area (Å²) in [4.78, 5) is 2.28. The lowest BCUT2D eigenvalue weighted by Crippen LogP contribution is -2.17. The molecule has 0 aliphatic heterocycles. The van der Waals surface area contributed by atoms with E-state index in [0.717, 1.165) is 19.1 Å². The van der Waals surface area contributed by atoms with Gasteiger partial charge in [-0.1, -0.05) is 46.3 Å². The largest absolute Gasteiger partial charge is 0.370 e. The van der Waals surface area contributed by atoms with Crippen molar-refractivity contribution in [2.24, 2.45) is 0 Å². The number of benzene rings is 2. The number of rotatable bonds is 6. The molecule has 0 aromatic heterocycles. The minimum Gasteiger partial charge on any atom is -0.370 e. The second-order valence-corrected chi connectivity index (χ2v) is 6.62. The summed E-state index contributed by atoms with van der Waals surface area (Å²) in [6.07, 6.45) is 2.68. The van der Waals surface area contributed by atoms with E-state index in [1.165, 1.54) is 34.1 Å². The Morgan fingerprint density at radius 3 is 2.48 bits per heavy atom. The summed E-state index contributed by atoms with van der Waals surface area (Å²) in [5.74, 6) is 0. The average molecular weight is 345 g/mol. The zero-order valence-corrected chi connectivity index (χ0v) is 13.9. The molecule has 0 bridgehead atoms. The van der Waals surface area contributed by atoms with Crippen LogP contribution in [-0.2, 0) is 13.1 Å². The maximum Gasteiger partial charge on any atom is 0.0437 e. The molecule has 2 aromatic carbocycles. The van der Waals surface area contributed by atoms with Gasteiger partial charge in [0, 0.05) is 36.3 Å². The van der Waals surface area contributed by atoms with Gasteiger partial charge in [0.2, 0.25) is 0 Å². The number of anilines is 1. The Morgan fingerprint density at radius 2 is 1.81 bits per heavy atom. The fourth-order valence-electron chi connectivity index (χ4n) is 2.39. The van der Waals surface area contributed by atoms with E-state index in [4.69, 9.17) is 0 Å². The maximum absolute atomic E-state index is 3.61. The van der Waals surface area contributed by atoms with E-state index in [1.54, 1.807) is 0 Å².